The maximum absolute atomic E-state index is 12.6. The standard InChI is InChI=1S/C22H17N3O5S/c1-14(26)16-6-8-17(9-7-16)24-31(29,30)18-10-4-15(5-11-18)13-25-21(27)19-3-2-12-23-20(19)22(25)28/h2-12,24H,13H2,1H3. The molecule has 0 bridgehead atoms. The Kier molecular flexibility index (Phi) is 5.12. The molecule has 1 aliphatic heterocycles. The highest BCUT2D eigenvalue weighted by atomic mass is 32.2. The van der Waals surface area contributed by atoms with Crippen molar-refractivity contribution in [1.29, 1.82) is 0 Å². The smallest absolute Gasteiger partial charge is 0.280 e. The van der Waals surface area contributed by atoms with Crippen molar-refractivity contribution in [2.45, 2.75) is 18.4 Å². The van der Waals surface area contributed by atoms with Crippen LogP contribution in [-0.4, -0.2) is 35.9 Å². The van der Waals surface area contributed by atoms with Crippen molar-refractivity contribution in [3.63, 3.8) is 0 Å². The molecule has 156 valence electrons. The van der Waals surface area contributed by atoms with Gasteiger partial charge in [0.1, 0.15) is 5.69 Å². The highest BCUT2D eigenvalue weighted by Gasteiger charge is 2.36. The first kappa shape index (κ1) is 20.4. The summed E-state index contributed by atoms with van der Waals surface area (Å²) in [5.74, 6) is -1.02. The van der Waals surface area contributed by atoms with E-state index >= 15 is 0 Å². The molecule has 4 rings (SSSR count). The predicted molar refractivity (Wildman–Crippen MR) is 112 cm³/mol. The summed E-state index contributed by atoms with van der Waals surface area (Å²) in [6.45, 7) is 1.44. The minimum atomic E-state index is -3.85. The van der Waals surface area contributed by atoms with Crippen LogP contribution in [0.15, 0.2) is 71.8 Å². The van der Waals surface area contributed by atoms with Gasteiger partial charge in [0, 0.05) is 17.4 Å². The van der Waals surface area contributed by atoms with Gasteiger partial charge in [-0.15, -0.1) is 0 Å². The number of amides is 2. The Morgan fingerprint density at radius 1 is 0.968 bits per heavy atom. The number of rotatable bonds is 6. The summed E-state index contributed by atoms with van der Waals surface area (Å²) in [5.41, 5.74) is 1.78. The lowest BCUT2D eigenvalue weighted by atomic mass is 10.1. The third-order valence-corrected chi connectivity index (χ3v) is 6.25. The molecule has 1 N–H and O–H groups in total. The van der Waals surface area contributed by atoms with Crippen LogP contribution in [0.25, 0.3) is 0 Å². The molecular weight excluding hydrogens is 418 g/mol. The number of hydrogen-bond acceptors (Lipinski definition) is 6. The molecular formula is C22H17N3O5S. The van der Waals surface area contributed by atoms with E-state index in [0.29, 0.717) is 16.8 Å². The van der Waals surface area contributed by atoms with E-state index in [1.54, 1.807) is 36.4 Å². The lowest BCUT2D eigenvalue weighted by Gasteiger charge is -2.14. The Hall–Kier alpha value is -3.85. The van der Waals surface area contributed by atoms with E-state index in [4.69, 9.17) is 0 Å². The molecule has 1 aliphatic rings. The number of ketones is 1. The van der Waals surface area contributed by atoms with E-state index in [1.165, 1.54) is 37.4 Å². The van der Waals surface area contributed by atoms with Gasteiger partial charge in [0.05, 0.1) is 17.0 Å². The van der Waals surface area contributed by atoms with Gasteiger partial charge in [0.25, 0.3) is 21.8 Å². The van der Waals surface area contributed by atoms with Gasteiger partial charge in [-0.05, 0) is 61.0 Å². The zero-order valence-corrected chi connectivity index (χ0v) is 17.2. The molecule has 0 aliphatic carbocycles. The van der Waals surface area contributed by atoms with Crippen LogP contribution in [0, 0.1) is 0 Å². The summed E-state index contributed by atoms with van der Waals surface area (Å²) in [4.78, 5) is 41.3. The number of fused-ring (bicyclic) bond motifs is 1. The zero-order chi connectivity index (χ0) is 22.2. The van der Waals surface area contributed by atoms with E-state index in [9.17, 15) is 22.8 Å². The highest BCUT2D eigenvalue weighted by molar-refractivity contribution is 7.92. The van der Waals surface area contributed by atoms with Crippen LogP contribution in [0.5, 0.6) is 0 Å². The number of carbonyl (C=O) groups is 3. The minimum absolute atomic E-state index is 0.00823. The number of benzene rings is 2. The number of anilines is 1. The molecule has 31 heavy (non-hydrogen) atoms. The lowest BCUT2D eigenvalue weighted by Crippen LogP contribution is -2.29. The molecule has 3 aromatic rings. The van der Waals surface area contributed by atoms with Gasteiger partial charge in [-0.3, -0.25) is 29.0 Å². The molecule has 2 heterocycles. The molecule has 0 fully saturated rings. The Balaban J connectivity index is 1.48. The van der Waals surface area contributed by atoms with Crippen LogP contribution in [0.1, 0.15) is 43.7 Å². The van der Waals surface area contributed by atoms with E-state index in [0.717, 1.165) is 4.90 Å². The van der Waals surface area contributed by atoms with Gasteiger partial charge in [0.2, 0.25) is 0 Å². The maximum atomic E-state index is 12.6. The topological polar surface area (TPSA) is 114 Å². The number of aromatic nitrogens is 1. The summed E-state index contributed by atoms with van der Waals surface area (Å²) < 4.78 is 27.7. The molecule has 1 aromatic heterocycles. The molecule has 2 aromatic carbocycles. The van der Waals surface area contributed by atoms with E-state index in [-0.39, 0.29) is 28.5 Å². The van der Waals surface area contributed by atoms with Crippen molar-refractivity contribution in [3.8, 4) is 0 Å². The molecule has 0 saturated heterocycles. The molecule has 0 unspecified atom stereocenters. The molecule has 0 radical (unpaired) electrons. The fourth-order valence-corrected chi connectivity index (χ4v) is 4.26. The van der Waals surface area contributed by atoms with Gasteiger partial charge < -0.3 is 0 Å². The van der Waals surface area contributed by atoms with Crippen LogP contribution < -0.4 is 4.72 Å². The fraction of sp³-hybridized carbons (Fsp3) is 0.0909. The Bertz CT molecular complexity index is 1260. The average molecular weight is 435 g/mol. The summed E-state index contributed by atoms with van der Waals surface area (Å²) in [5, 5.41) is 0. The van der Waals surface area contributed by atoms with E-state index < -0.39 is 21.8 Å². The third kappa shape index (κ3) is 3.95. The van der Waals surface area contributed by atoms with Crippen molar-refractivity contribution in [3.05, 3.63) is 89.2 Å². The molecule has 9 heteroatoms. The van der Waals surface area contributed by atoms with Gasteiger partial charge in [-0.2, -0.15) is 0 Å². The minimum Gasteiger partial charge on any atom is -0.295 e. The second kappa shape index (κ2) is 7.77. The largest absolute Gasteiger partial charge is 0.295 e. The van der Waals surface area contributed by atoms with Gasteiger partial charge >= 0.3 is 0 Å². The number of pyridine rings is 1. The number of imide groups is 1. The summed E-state index contributed by atoms with van der Waals surface area (Å²) >= 11 is 0. The van der Waals surface area contributed by atoms with Crippen molar-refractivity contribution < 1.29 is 22.8 Å². The summed E-state index contributed by atoms with van der Waals surface area (Å²) in [7, 11) is -3.85. The monoisotopic (exact) mass is 435 g/mol. The lowest BCUT2D eigenvalue weighted by molar-refractivity contribution is 0.0640. The van der Waals surface area contributed by atoms with Crippen LogP contribution in [0.3, 0.4) is 0 Å². The number of carbonyl (C=O) groups excluding carboxylic acids is 3. The van der Waals surface area contributed by atoms with Gasteiger partial charge in [-0.1, -0.05) is 12.1 Å². The van der Waals surface area contributed by atoms with Crippen molar-refractivity contribution in [2.24, 2.45) is 0 Å². The fourth-order valence-electron chi connectivity index (χ4n) is 3.20. The SMILES string of the molecule is CC(=O)c1ccc(NS(=O)(=O)c2ccc(CN3C(=O)c4cccnc4C3=O)cc2)cc1. The number of Topliss-reactive ketones (excluding diaryl/α,β-unsaturated/α-hetero) is 1. The van der Waals surface area contributed by atoms with Crippen molar-refractivity contribution in [1.82, 2.24) is 9.88 Å². The number of hydrogen-bond donors (Lipinski definition) is 1. The first-order valence-electron chi connectivity index (χ1n) is 9.30. The summed E-state index contributed by atoms with van der Waals surface area (Å²) in [6.07, 6.45) is 1.45. The van der Waals surface area contributed by atoms with Gasteiger partial charge in [0.15, 0.2) is 5.78 Å². The zero-order valence-electron chi connectivity index (χ0n) is 16.4. The Morgan fingerprint density at radius 3 is 2.26 bits per heavy atom. The molecule has 8 nitrogen and oxygen atoms in total. The first-order valence-corrected chi connectivity index (χ1v) is 10.8. The Morgan fingerprint density at radius 2 is 1.65 bits per heavy atom. The molecule has 0 atom stereocenters. The molecule has 2 amide bonds. The molecule has 0 spiro atoms. The molecule has 0 saturated carbocycles. The highest BCUT2D eigenvalue weighted by Crippen LogP contribution is 2.23. The average Bonchev–Trinajstić information content (AvgIpc) is 2.99. The second-order valence-corrected chi connectivity index (χ2v) is 8.66. The summed E-state index contributed by atoms with van der Waals surface area (Å²) in [6, 6.07) is 15.1. The first-order chi connectivity index (χ1) is 14.8. The quantitative estimate of drug-likeness (QED) is 0.470. The third-order valence-electron chi connectivity index (χ3n) is 4.85. The maximum Gasteiger partial charge on any atom is 0.280 e. The second-order valence-electron chi connectivity index (χ2n) is 6.98. The van der Waals surface area contributed by atoms with Gasteiger partial charge in [-0.25, -0.2) is 8.42 Å². The van der Waals surface area contributed by atoms with Crippen LogP contribution in [-0.2, 0) is 16.6 Å². The number of nitrogens with one attached hydrogen (secondary N) is 1. The van der Waals surface area contributed by atoms with Crippen molar-refractivity contribution >= 4 is 33.3 Å². The van der Waals surface area contributed by atoms with Crippen LogP contribution in [0.2, 0.25) is 0 Å². The number of sulfonamides is 1. The Labute approximate surface area is 178 Å². The van der Waals surface area contributed by atoms with E-state index in [1.807, 2.05) is 0 Å². The van der Waals surface area contributed by atoms with E-state index in [2.05, 4.69) is 9.71 Å². The predicted octanol–water partition coefficient (Wildman–Crippen LogP) is 2.88. The number of nitrogens with zero attached hydrogens (tertiary/aromatic N) is 2. The van der Waals surface area contributed by atoms with Crippen LogP contribution >= 0.6 is 0 Å². The van der Waals surface area contributed by atoms with Crippen LogP contribution in [0.4, 0.5) is 5.69 Å². The normalized spacial score (nSPS) is 13.3. The van der Waals surface area contributed by atoms with Crippen molar-refractivity contribution in [2.75, 3.05) is 4.72 Å².